The summed E-state index contributed by atoms with van der Waals surface area (Å²) in [7, 11) is -3.75. The minimum absolute atomic E-state index is 0.112. The number of anilines is 1. The molecule has 0 spiro atoms. The lowest BCUT2D eigenvalue weighted by Crippen LogP contribution is -2.46. The number of rotatable bonds is 8. The summed E-state index contributed by atoms with van der Waals surface area (Å²) in [6.07, 6.45) is 2.32. The first-order valence-electron chi connectivity index (χ1n) is 11.4. The van der Waals surface area contributed by atoms with Gasteiger partial charge in [-0.1, -0.05) is 26.0 Å². The minimum atomic E-state index is -3.75. The van der Waals surface area contributed by atoms with Gasteiger partial charge in [0.05, 0.1) is 4.90 Å². The molecule has 0 unspecified atom stereocenters. The summed E-state index contributed by atoms with van der Waals surface area (Å²) in [5.41, 5.74) is 2.31. The second-order valence-electron chi connectivity index (χ2n) is 9.08. The molecule has 8 heteroatoms. The zero-order valence-electron chi connectivity index (χ0n) is 19.7. The Balaban J connectivity index is 1.68. The van der Waals surface area contributed by atoms with E-state index in [4.69, 9.17) is 0 Å². The number of aryl methyl sites for hydroxylation is 2. The van der Waals surface area contributed by atoms with Gasteiger partial charge in [0.1, 0.15) is 6.04 Å². The number of amides is 2. The quantitative estimate of drug-likeness (QED) is 0.611. The predicted octanol–water partition coefficient (Wildman–Crippen LogP) is 3.87. The van der Waals surface area contributed by atoms with Gasteiger partial charge in [-0.2, -0.15) is 0 Å². The van der Waals surface area contributed by atoms with E-state index in [-0.39, 0.29) is 16.7 Å². The van der Waals surface area contributed by atoms with E-state index >= 15 is 0 Å². The molecular weight excluding hydrogens is 438 g/mol. The number of hydrogen-bond acceptors (Lipinski definition) is 4. The molecule has 0 aromatic heterocycles. The normalized spacial score (nSPS) is 16.2. The Bertz CT molecular complexity index is 1110. The van der Waals surface area contributed by atoms with Crippen molar-refractivity contribution in [2.24, 2.45) is 5.92 Å². The van der Waals surface area contributed by atoms with E-state index in [1.54, 1.807) is 48.2 Å². The van der Waals surface area contributed by atoms with Crippen molar-refractivity contribution in [1.29, 1.82) is 0 Å². The predicted molar refractivity (Wildman–Crippen MR) is 130 cm³/mol. The van der Waals surface area contributed by atoms with E-state index in [0.29, 0.717) is 42.2 Å². The highest BCUT2D eigenvalue weighted by molar-refractivity contribution is 7.92. The lowest BCUT2D eigenvalue weighted by molar-refractivity contribution is -0.124. The number of nitrogens with one attached hydrogen (secondary N) is 2. The lowest BCUT2D eigenvalue weighted by Gasteiger charge is -2.24. The number of carbonyl (C=O) groups excluding carboxylic acids is 2. The molecular formula is C25H33N3O4S. The first-order chi connectivity index (χ1) is 15.6. The average molecular weight is 472 g/mol. The molecule has 7 nitrogen and oxygen atoms in total. The summed E-state index contributed by atoms with van der Waals surface area (Å²) < 4.78 is 28.2. The number of likely N-dealkylation sites (tertiary alicyclic amines) is 1. The zero-order valence-corrected chi connectivity index (χ0v) is 20.5. The SMILES string of the molecule is Cc1ccc(C)c(S(=O)(=O)Nc2ccc(C(=O)N3CCC[C@@H]3C(=O)NCCC(C)C)cc2)c1. The van der Waals surface area contributed by atoms with E-state index in [0.717, 1.165) is 18.4 Å². The van der Waals surface area contributed by atoms with Gasteiger partial charge in [0, 0.05) is 24.3 Å². The first kappa shape index (κ1) is 24.8. The molecule has 0 aliphatic carbocycles. The Kier molecular flexibility index (Phi) is 7.79. The van der Waals surface area contributed by atoms with E-state index in [2.05, 4.69) is 23.9 Å². The third-order valence-corrected chi connectivity index (χ3v) is 7.38. The van der Waals surface area contributed by atoms with Gasteiger partial charge < -0.3 is 10.2 Å². The van der Waals surface area contributed by atoms with E-state index in [1.165, 1.54) is 0 Å². The van der Waals surface area contributed by atoms with Gasteiger partial charge in [0.2, 0.25) is 5.91 Å². The molecule has 0 radical (unpaired) electrons. The second kappa shape index (κ2) is 10.4. The Hall–Kier alpha value is -2.87. The van der Waals surface area contributed by atoms with Gasteiger partial charge in [0.15, 0.2) is 0 Å². The van der Waals surface area contributed by atoms with Crippen molar-refractivity contribution in [2.45, 2.75) is 57.9 Å². The number of sulfonamides is 1. The molecule has 1 heterocycles. The van der Waals surface area contributed by atoms with Gasteiger partial charge in [-0.25, -0.2) is 8.42 Å². The summed E-state index contributed by atoms with van der Waals surface area (Å²) in [6.45, 7) is 8.93. The maximum atomic E-state index is 13.1. The van der Waals surface area contributed by atoms with Crippen molar-refractivity contribution in [1.82, 2.24) is 10.2 Å². The summed E-state index contributed by atoms with van der Waals surface area (Å²) in [4.78, 5) is 27.5. The minimum Gasteiger partial charge on any atom is -0.354 e. The van der Waals surface area contributed by atoms with Gasteiger partial charge >= 0.3 is 0 Å². The van der Waals surface area contributed by atoms with Crippen LogP contribution in [0.25, 0.3) is 0 Å². The summed E-state index contributed by atoms with van der Waals surface area (Å²) in [5.74, 6) is 0.164. The maximum Gasteiger partial charge on any atom is 0.262 e. The summed E-state index contributed by atoms with van der Waals surface area (Å²) in [6, 6.07) is 11.1. The van der Waals surface area contributed by atoms with Crippen LogP contribution in [0.1, 0.15) is 54.6 Å². The maximum absolute atomic E-state index is 13.1. The Morgan fingerprint density at radius 1 is 1.09 bits per heavy atom. The molecule has 1 aliphatic rings. The molecule has 1 atom stereocenters. The summed E-state index contributed by atoms with van der Waals surface area (Å²) in [5, 5.41) is 2.94. The second-order valence-corrected chi connectivity index (χ2v) is 10.7. The molecule has 178 valence electrons. The van der Waals surface area contributed by atoms with Crippen molar-refractivity contribution < 1.29 is 18.0 Å². The molecule has 33 heavy (non-hydrogen) atoms. The van der Waals surface area contributed by atoms with E-state index in [9.17, 15) is 18.0 Å². The first-order valence-corrected chi connectivity index (χ1v) is 12.9. The van der Waals surface area contributed by atoms with Crippen LogP contribution >= 0.6 is 0 Å². The number of benzene rings is 2. The van der Waals surface area contributed by atoms with Gasteiger partial charge in [-0.05, 0) is 80.5 Å². The van der Waals surface area contributed by atoms with Crippen molar-refractivity contribution >= 4 is 27.5 Å². The molecule has 1 fully saturated rings. The summed E-state index contributed by atoms with van der Waals surface area (Å²) >= 11 is 0. The Morgan fingerprint density at radius 2 is 1.79 bits per heavy atom. The van der Waals surface area contributed by atoms with Gasteiger partial charge in [-0.3, -0.25) is 14.3 Å². The largest absolute Gasteiger partial charge is 0.354 e. The van der Waals surface area contributed by atoms with Crippen molar-refractivity contribution in [3.63, 3.8) is 0 Å². The number of carbonyl (C=O) groups is 2. The molecule has 0 bridgehead atoms. The fourth-order valence-electron chi connectivity index (χ4n) is 3.94. The third kappa shape index (κ3) is 6.13. The fraction of sp³-hybridized carbons (Fsp3) is 0.440. The highest BCUT2D eigenvalue weighted by Crippen LogP contribution is 2.23. The highest BCUT2D eigenvalue weighted by Gasteiger charge is 2.34. The molecule has 2 aromatic rings. The van der Waals surface area contributed by atoms with E-state index < -0.39 is 16.1 Å². The zero-order chi connectivity index (χ0) is 24.2. The van der Waals surface area contributed by atoms with Crippen LogP contribution in [0.15, 0.2) is 47.4 Å². The van der Waals surface area contributed by atoms with Crippen LogP contribution < -0.4 is 10.0 Å². The third-order valence-electron chi connectivity index (χ3n) is 5.85. The van der Waals surface area contributed by atoms with Crippen LogP contribution in [-0.4, -0.2) is 44.3 Å². The molecule has 2 aromatic carbocycles. The Labute approximate surface area is 196 Å². The van der Waals surface area contributed by atoms with E-state index in [1.807, 2.05) is 13.0 Å². The fourth-order valence-corrected chi connectivity index (χ4v) is 5.33. The van der Waals surface area contributed by atoms with Crippen molar-refractivity contribution in [3.8, 4) is 0 Å². The highest BCUT2D eigenvalue weighted by atomic mass is 32.2. The van der Waals surface area contributed by atoms with Gasteiger partial charge in [0.25, 0.3) is 15.9 Å². The van der Waals surface area contributed by atoms with Crippen LogP contribution in [0.3, 0.4) is 0 Å². The molecule has 1 saturated heterocycles. The van der Waals surface area contributed by atoms with Crippen LogP contribution in [0.5, 0.6) is 0 Å². The molecule has 2 amide bonds. The lowest BCUT2D eigenvalue weighted by atomic mass is 10.1. The monoisotopic (exact) mass is 471 g/mol. The van der Waals surface area contributed by atoms with Crippen LogP contribution in [0, 0.1) is 19.8 Å². The number of hydrogen-bond donors (Lipinski definition) is 2. The van der Waals surface area contributed by atoms with Crippen LogP contribution in [0.4, 0.5) is 5.69 Å². The topological polar surface area (TPSA) is 95.6 Å². The van der Waals surface area contributed by atoms with Crippen molar-refractivity contribution in [2.75, 3.05) is 17.8 Å². The van der Waals surface area contributed by atoms with Crippen LogP contribution in [0.2, 0.25) is 0 Å². The molecule has 3 rings (SSSR count). The smallest absolute Gasteiger partial charge is 0.262 e. The molecule has 0 saturated carbocycles. The number of nitrogens with zero attached hydrogens (tertiary/aromatic N) is 1. The van der Waals surface area contributed by atoms with Gasteiger partial charge in [-0.15, -0.1) is 0 Å². The Morgan fingerprint density at radius 3 is 2.45 bits per heavy atom. The van der Waals surface area contributed by atoms with Crippen molar-refractivity contribution in [3.05, 3.63) is 59.2 Å². The standard InChI is InChI=1S/C25H33N3O4S/c1-17(2)13-14-26-24(29)22-6-5-15-28(22)25(30)20-9-11-21(12-10-20)27-33(31,32)23-16-18(3)7-8-19(23)4/h7-12,16-17,22,27H,5-6,13-15H2,1-4H3,(H,26,29)/t22-/m1/s1. The molecule has 1 aliphatic heterocycles. The molecule has 2 N–H and O–H groups in total. The van der Waals surface area contributed by atoms with Crippen LogP contribution in [-0.2, 0) is 14.8 Å². The average Bonchev–Trinajstić information content (AvgIpc) is 3.25.